The van der Waals surface area contributed by atoms with Crippen molar-refractivity contribution in [2.45, 2.75) is 19.9 Å². The highest BCUT2D eigenvalue weighted by molar-refractivity contribution is 6.16. The molecule has 2 aromatic carbocycles. The maximum Gasteiger partial charge on any atom is 0.340 e. The van der Waals surface area contributed by atoms with Crippen LogP contribution in [0.3, 0.4) is 0 Å². The summed E-state index contributed by atoms with van der Waals surface area (Å²) in [4.78, 5) is 27.1. The highest BCUT2D eigenvalue weighted by atomic mass is 19.1. The molecule has 5 heteroatoms. The Balaban J connectivity index is 2.11. The van der Waals surface area contributed by atoms with Crippen molar-refractivity contribution >= 4 is 18.0 Å². The lowest BCUT2D eigenvalue weighted by Gasteiger charge is -2.26. The minimum absolute atomic E-state index is 0.132. The fraction of sp³-hybridized carbons (Fsp3) is 0.182. The molecule has 0 aromatic heterocycles. The summed E-state index contributed by atoms with van der Waals surface area (Å²) in [5.74, 6) is -1.44. The Kier molecular flexibility index (Phi) is 5.21. The van der Waals surface area contributed by atoms with Gasteiger partial charge in [0.05, 0.1) is 24.3 Å². The molecule has 27 heavy (non-hydrogen) atoms. The summed E-state index contributed by atoms with van der Waals surface area (Å²) in [7, 11) is 1.26. The van der Waals surface area contributed by atoms with Gasteiger partial charge in [-0.3, -0.25) is 4.79 Å². The van der Waals surface area contributed by atoms with Gasteiger partial charge in [0.15, 0.2) is 0 Å². The van der Waals surface area contributed by atoms with Crippen LogP contribution in [0.5, 0.6) is 0 Å². The highest BCUT2D eigenvalue weighted by Gasteiger charge is 2.39. The Morgan fingerprint density at radius 3 is 2.37 bits per heavy atom. The molecular weight excluding hydrogens is 345 g/mol. The molecule has 0 saturated carbocycles. The summed E-state index contributed by atoms with van der Waals surface area (Å²) in [6, 6.07) is 15.3. The van der Waals surface area contributed by atoms with Crippen molar-refractivity contribution in [3.63, 3.8) is 0 Å². The zero-order valence-corrected chi connectivity index (χ0v) is 15.4. The predicted molar refractivity (Wildman–Crippen MR) is 101 cm³/mol. The molecule has 0 unspecified atom stereocenters. The van der Waals surface area contributed by atoms with Gasteiger partial charge < -0.3 is 9.64 Å². The van der Waals surface area contributed by atoms with Gasteiger partial charge in [-0.25, -0.2) is 9.18 Å². The number of esters is 1. The Hall–Kier alpha value is -3.21. The van der Waals surface area contributed by atoms with Crippen LogP contribution < -0.4 is 0 Å². The van der Waals surface area contributed by atoms with Crippen molar-refractivity contribution in [3.05, 3.63) is 88.4 Å². The minimum atomic E-state index is -0.619. The average Bonchev–Trinajstić information content (AvgIpc) is 2.93. The zero-order chi connectivity index (χ0) is 19.6. The van der Waals surface area contributed by atoms with E-state index in [1.54, 1.807) is 30.0 Å². The molecule has 0 N–H and O–H groups in total. The second kappa shape index (κ2) is 7.58. The first kappa shape index (κ1) is 18.6. The topological polar surface area (TPSA) is 46.6 Å². The van der Waals surface area contributed by atoms with Crippen LogP contribution in [0.4, 0.5) is 4.39 Å². The van der Waals surface area contributed by atoms with E-state index in [9.17, 15) is 14.0 Å². The highest BCUT2D eigenvalue weighted by Crippen LogP contribution is 2.37. The molecule has 1 heterocycles. The lowest BCUT2D eigenvalue weighted by atomic mass is 10.0. The van der Waals surface area contributed by atoms with Gasteiger partial charge in [0.2, 0.25) is 0 Å². The molecule has 3 rings (SSSR count). The number of ether oxygens (including phenoxy) is 1. The van der Waals surface area contributed by atoms with Crippen LogP contribution in [-0.4, -0.2) is 23.9 Å². The predicted octanol–water partition coefficient (Wildman–Crippen LogP) is 4.26. The molecular formula is C22H20FNO3. The monoisotopic (exact) mass is 365 g/mol. The van der Waals surface area contributed by atoms with E-state index < -0.39 is 11.8 Å². The van der Waals surface area contributed by atoms with E-state index in [-0.39, 0.29) is 28.7 Å². The van der Waals surface area contributed by atoms with Gasteiger partial charge in [-0.2, -0.15) is 0 Å². The molecule has 1 amide bonds. The maximum atomic E-state index is 14.1. The van der Waals surface area contributed by atoms with E-state index in [2.05, 4.69) is 0 Å². The first-order valence-corrected chi connectivity index (χ1v) is 8.60. The number of benzene rings is 2. The molecule has 1 atom stereocenters. The van der Waals surface area contributed by atoms with Crippen LogP contribution in [0.2, 0.25) is 0 Å². The normalized spacial score (nSPS) is 16.8. The number of carbonyl (C=O) groups excluding carboxylic acids is 2. The second-order valence-electron chi connectivity index (χ2n) is 6.29. The maximum absolute atomic E-state index is 14.1. The third kappa shape index (κ3) is 3.40. The lowest BCUT2D eigenvalue weighted by molar-refractivity contribution is -0.136. The standard InChI is InChI=1S/C22H20FNO3/c1-14(16-9-5-4-6-10-16)24-15(2)20(22(26)27-3)18(21(24)25)13-17-11-7-8-12-19(17)23/h4-14H,1-3H3/b18-13-/t14-/m0/s1. The van der Waals surface area contributed by atoms with Gasteiger partial charge in [0, 0.05) is 11.3 Å². The number of hydrogen-bond donors (Lipinski definition) is 0. The molecule has 0 spiro atoms. The number of amides is 1. The summed E-state index contributed by atoms with van der Waals surface area (Å²) in [6.07, 6.45) is 1.41. The quantitative estimate of drug-likeness (QED) is 0.601. The largest absolute Gasteiger partial charge is 0.465 e. The lowest BCUT2D eigenvalue weighted by Crippen LogP contribution is -2.28. The number of rotatable bonds is 4. The van der Waals surface area contributed by atoms with E-state index in [1.807, 2.05) is 37.3 Å². The van der Waals surface area contributed by atoms with Crippen molar-refractivity contribution in [1.82, 2.24) is 4.90 Å². The Morgan fingerprint density at radius 2 is 1.74 bits per heavy atom. The number of nitrogens with zero attached hydrogens (tertiary/aromatic N) is 1. The SMILES string of the molecule is COC(=O)C1=C(C)N([C@@H](C)c2ccccc2)C(=O)/C1=C\c1ccccc1F. The fourth-order valence-electron chi connectivity index (χ4n) is 3.29. The van der Waals surface area contributed by atoms with Gasteiger partial charge in [-0.05, 0) is 31.6 Å². The first-order chi connectivity index (χ1) is 13.0. The summed E-state index contributed by atoms with van der Waals surface area (Å²) in [6.45, 7) is 3.59. The number of halogens is 1. The molecule has 0 fully saturated rings. The zero-order valence-electron chi connectivity index (χ0n) is 15.4. The van der Waals surface area contributed by atoms with Gasteiger partial charge >= 0.3 is 5.97 Å². The molecule has 2 aromatic rings. The summed E-state index contributed by atoms with van der Waals surface area (Å²) in [5, 5.41) is 0. The van der Waals surface area contributed by atoms with Crippen LogP contribution >= 0.6 is 0 Å². The van der Waals surface area contributed by atoms with Crippen LogP contribution in [0.1, 0.15) is 31.0 Å². The molecule has 0 aliphatic carbocycles. The van der Waals surface area contributed by atoms with Crippen LogP contribution in [0, 0.1) is 5.82 Å². The van der Waals surface area contributed by atoms with Crippen molar-refractivity contribution < 1.29 is 18.7 Å². The van der Waals surface area contributed by atoms with Gasteiger partial charge in [0.1, 0.15) is 5.82 Å². The van der Waals surface area contributed by atoms with Crippen LogP contribution in [-0.2, 0) is 14.3 Å². The van der Waals surface area contributed by atoms with Crippen molar-refractivity contribution in [1.29, 1.82) is 0 Å². The van der Waals surface area contributed by atoms with E-state index >= 15 is 0 Å². The van der Waals surface area contributed by atoms with E-state index in [0.29, 0.717) is 5.70 Å². The molecule has 0 radical (unpaired) electrons. The van der Waals surface area contributed by atoms with Crippen molar-refractivity contribution in [2.24, 2.45) is 0 Å². The van der Waals surface area contributed by atoms with Gasteiger partial charge in [-0.1, -0.05) is 48.5 Å². The van der Waals surface area contributed by atoms with Crippen molar-refractivity contribution in [3.8, 4) is 0 Å². The summed E-state index contributed by atoms with van der Waals surface area (Å²) >= 11 is 0. The molecule has 1 aliphatic heterocycles. The number of methoxy groups -OCH3 is 1. The van der Waals surface area contributed by atoms with Gasteiger partial charge in [0.25, 0.3) is 5.91 Å². The molecule has 0 bridgehead atoms. The Bertz CT molecular complexity index is 947. The Labute approximate surface area is 157 Å². The van der Waals surface area contributed by atoms with E-state index in [0.717, 1.165) is 5.56 Å². The van der Waals surface area contributed by atoms with E-state index in [1.165, 1.54) is 19.3 Å². The number of hydrogen-bond acceptors (Lipinski definition) is 3. The minimum Gasteiger partial charge on any atom is -0.465 e. The van der Waals surface area contributed by atoms with Gasteiger partial charge in [-0.15, -0.1) is 0 Å². The molecule has 1 aliphatic rings. The third-order valence-electron chi connectivity index (χ3n) is 4.71. The van der Waals surface area contributed by atoms with Crippen LogP contribution in [0.25, 0.3) is 6.08 Å². The molecule has 138 valence electrons. The second-order valence-corrected chi connectivity index (χ2v) is 6.29. The summed E-state index contributed by atoms with van der Waals surface area (Å²) < 4.78 is 19.0. The van der Waals surface area contributed by atoms with E-state index in [4.69, 9.17) is 4.74 Å². The number of allylic oxidation sites excluding steroid dienone is 1. The fourth-order valence-corrected chi connectivity index (χ4v) is 3.29. The third-order valence-corrected chi connectivity index (χ3v) is 4.71. The molecule has 4 nitrogen and oxygen atoms in total. The Morgan fingerprint density at radius 1 is 1.11 bits per heavy atom. The average molecular weight is 365 g/mol. The number of carbonyl (C=O) groups is 2. The summed E-state index contributed by atoms with van der Waals surface area (Å²) in [5.41, 5.74) is 1.96. The smallest absolute Gasteiger partial charge is 0.340 e. The van der Waals surface area contributed by atoms with Crippen LogP contribution in [0.15, 0.2) is 71.4 Å². The van der Waals surface area contributed by atoms with Crippen molar-refractivity contribution in [2.75, 3.05) is 7.11 Å². The molecule has 0 saturated heterocycles. The first-order valence-electron chi connectivity index (χ1n) is 8.60.